The van der Waals surface area contributed by atoms with Crippen LogP contribution in [0.25, 0.3) is 0 Å². The summed E-state index contributed by atoms with van der Waals surface area (Å²) >= 11 is 0. The number of hydrogen-bond acceptors (Lipinski definition) is 2. The van der Waals surface area contributed by atoms with Crippen LogP contribution in [0.4, 0.5) is 5.82 Å². The second kappa shape index (κ2) is 7.41. The molecule has 1 saturated heterocycles. The molecule has 5 nitrogen and oxygen atoms in total. The van der Waals surface area contributed by atoms with Gasteiger partial charge in [-0.05, 0) is 18.9 Å². The first kappa shape index (κ1) is 15.8. The van der Waals surface area contributed by atoms with Crippen LogP contribution in [0.15, 0.2) is 24.4 Å². The molecule has 3 N–H and O–H groups in total. The number of anilines is 1. The standard InChI is InChI=1S/C16H26N4O/c1-13(2)14(3)18-16(21)12-19-8-10-20(11-9-19)15-6-4-5-7-17-15/h4-7,13-14H,8-12H2,1-3H3,(H,18,21)/p+2/t14-/m1/s1. The maximum atomic E-state index is 12.0. The highest BCUT2D eigenvalue weighted by Gasteiger charge is 2.27. The Kier molecular flexibility index (Phi) is 5.56. The monoisotopic (exact) mass is 292 g/mol. The van der Waals surface area contributed by atoms with Crippen LogP contribution in [0.2, 0.25) is 0 Å². The molecule has 0 radical (unpaired) electrons. The summed E-state index contributed by atoms with van der Waals surface area (Å²) < 4.78 is 0. The Morgan fingerprint density at radius 1 is 1.33 bits per heavy atom. The molecule has 0 aromatic carbocycles. The Hall–Kier alpha value is -1.62. The molecule has 0 bridgehead atoms. The minimum absolute atomic E-state index is 0.172. The average molecular weight is 292 g/mol. The van der Waals surface area contributed by atoms with Crippen molar-refractivity contribution in [2.45, 2.75) is 26.8 Å². The maximum Gasteiger partial charge on any atom is 0.275 e. The number of rotatable bonds is 5. The van der Waals surface area contributed by atoms with E-state index in [1.807, 2.05) is 18.3 Å². The normalized spacial score (nSPS) is 17.8. The Labute approximate surface area is 127 Å². The van der Waals surface area contributed by atoms with Gasteiger partial charge in [0.1, 0.15) is 26.2 Å². The zero-order valence-corrected chi connectivity index (χ0v) is 13.4. The molecule has 21 heavy (non-hydrogen) atoms. The molecule has 116 valence electrons. The van der Waals surface area contributed by atoms with Crippen molar-refractivity contribution in [1.82, 2.24) is 5.32 Å². The van der Waals surface area contributed by atoms with Gasteiger partial charge in [-0.2, -0.15) is 0 Å². The van der Waals surface area contributed by atoms with Gasteiger partial charge in [-0.3, -0.25) is 9.69 Å². The van der Waals surface area contributed by atoms with Gasteiger partial charge in [-0.25, -0.2) is 4.98 Å². The molecular formula is C16H28N4O+2. The van der Waals surface area contributed by atoms with Crippen molar-refractivity contribution in [1.29, 1.82) is 0 Å². The predicted octanol–water partition coefficient (Wildman–Crippen LogP) is -0.634. The highest BCUT2D eigenvalue weighted by molar-refractivity contribution is 5.77. The number of hydrogen-bond donors (Lipinski definition) is 2. The van der Waals surface area contributed by atoms with Gasteiger partial charge in [-0.1, -0.05) is 19.9 Å². The summed E-state index contributed by atoms with van der Waals surface area (Å²) in [6.07, 6.45) is 1.95. The molecule has 0 unspecified atom stereocenters. The third kappa shape index (κ3) is 4.70. The largest absolute Gasteiger partial charge is 0.348 e. The lowest BCUT2D eigenvalue weighted by Gasteiger charge is -2.28. The Balaban J connectivity index is 1.75. The molecule has 2 rings (SSSR count). The number of amides is 1. The lowest BCUT2D eigenvalue weighted by atomic mass is 10.1. The molecule has 2 heterocycles. The first-order chi connectivity index (χ1) is 10.1. The predicted molar refractivity (Wildman–Crippen MR) is 83.2 cm³/mol. The van der Waals surface area contributed by atoms with E-state index in [0.29, 0.717) is 12.5 Å². The van der Waals surface area contributed by atoms with Crippen molar-refractivity contribution in [3.63, 3.8) is 0 Å². The molecule has 1 aliphatic rings. The third-order valence-corrected chi connectivity index (χ3v) is 4.30. The van der Waals surface area contributed by atoms with Crippen LogP contribution in [-0.4, -0.2) is 44.7 Å². The van der Waals surface area contributed by atoms with Crippen LogP contribution >= 0.6 is 0 Å². The highest BCUT2D eigenvalue weighted by Crippen LogP contribution is 2.04. The van der Waals surface area contributed by atoms with E-state index < -0.39 is 0 Å². The molecule has 1 aliphatic heterocycles. The smallest absolute Gasteiger partial charge is 0.275 e. The Bertz CT molecular complexity index is 441. The lowest BCUT2D eigenvalue weighted by molar-refractivity contribution is -0.892. The number of quaternary nitrogens is 1. The summed E-state index contributed by atoms with van der Waals surface area (Å²) in [7, 11) is 0. The number of carbonyl (C=O) groups is 1. The molecule has 0 spiro atoms. The fraction of sp³-hybridized carbons (Fsp3) is 0.625. The van der Waals surface area contributed by atoms with E-state index in [1.54, 1.807) is 0 Å². The SMILES string of the molecule is CC(C)[C@@H](C)NC(=O)C[NH+]1CCN(c2cccc[nH+]2)CC1. The number of aromatic amines is 1. The number of aromatic nitrogens is 1. The lowest BCUT2D eigenvalue weighted by Crippen LogP contribution is -3.16. The van der Waals surface area contributed by atoms with Crippen molar-refractivity contribution in [3.05, 3.63) is 24.4 Å². The molecule has 1 amide bonds. The van der Waals surface area contributed by atoms with E-state index in [0.717, 1.165) is 32.0 Å². The van der Waals surface area contributed by atoms with E-state index in [2.05, 4.69) is 42.0 Å². The minimum atomic E-state index is 0.172. The van der Waals surface area contributed by atoms with Crippen LogP contribution in [0.3, 0.4) is 0 Å². The van der Waals surface area contributed by atoms with E-state index in [1.165, 1.54) is 4.90 Å². The van der Waals surface area contributed by atoms with Crippen molar-refractivity contribution in [2.24, 2.45) is 5.92 Å². The van der Waals surface area contributed by atoms with Crippen molar-refractivity contribution in [2.75, 3.05) is 37.6 Å². The van der Waals surface area contributed by atoms with E-state index in [-0.39, 0.29) is 11.9 Å². The number of nitrogens with one attached hydrogen (secondary N) is 3. The second-order valence-electron chi connectivity index (χ2n) is 6.26. The van der Waals surface area contributed by atoms with Gasteiger partial charge in [0, 0.05) is 12.1 Å². The fourth-order valence-corrected chi connectivity index (χ4v) is 2.52. The van der Waals surface area contributed by atoms with Crippen molar-refractivity contribution in [3.8, 4) is 0 Å². The third-order valence-electron chi connectivity index (χ3n) is 4.30. The molecule has 1 fully saturated rings. The molecule has 0 saturated carbocycles. The zero-order chi connectivity index (χ0) is 15.2. The first-order valence-electron chi connectivity index (χ1n) is 7.91. The van der Waals surface area contributed by atoms with Gasteiger partial charge >= 0.3 is 0 Å². The molecule has 0 aliphatic carbocycles. The molecule has 1 aromatic heterocycles. The number of nitrogens with zero attached hydrogens (tertiary/aromatic N) is 1. The van der Waals surface area contributed by atoms with Crippen LogP contribution in [0.1, 0.15) is 20.8 Å². The van der Waals surface area contributed by atoms with E-state index in [4.69, 9.17) is 0 Å². The van der Waals surface area contributed by atoms with E-state index >= 15 is 0 Å². The van der Waals surface area contributed by atoms with Gasteiger partial charge in [0.15, 0.2) is 6.54 Å². The Morgan fingerprint density at radius 2 is 2.05 bits per heavy atom. The summed E-state index contributed by atoms with van der Waals surface area (Å²) in [5.74, 6) is 1.81. The summed E-state index contributed by atoms with van der Waals surface area (Å²) in [6.45, 7) is 10.9. The quantitative estimate of drug-likeness (QED) is 0.759. The molecule has 1 atom stereocenters. The van der Waals surface area contributed by atoms with Crippen LogP contribution in [0, 0.1) is 5.92 Å². The van der Waals surface area contributed by atoms with Gasteiger partial charge in [0.25, 0.3) is 11.7 Å². The minimum Gasteiger partial charge on any atom is -0.348 e. The number of piperazine rings is 1. The van der Waals surface area contributed by atoms with Gasteiger partial charge in [-0.15, -0.1) is 0 Å². The van der Waals surface area contributed by atoms with Crippen LogP contribution in [0.5, 0.6) is 0 Å². The first-order valence-corrected chi connectivity index (χ1v) is 7.91. The number of carbonyl (C=O) groups excluding carboxylic acids is 1. The zero-order valence-electron chi connectivity index (χ0n) is 13.4. The topological polar surface area (TPSA) is 50.9 Å². The van der Waals surface area contributed by atoms with Crippen molar-refractivity contribution < 1.29 is 14.7 Å². The van der Waals surface area contributed by atoms with Crippen LogP contribution < -0.4 is 20.1 Å². The summed E-state index contributed by atoms with van der Waals surface area (Å²) in [5, 5.41) is 3.09. The molecular weight excluding hydrogens is 264 g/mol. The van der Waals surface area contributed by atoms with Crippen molar-refractivity contribution >= 4 is 11.7 Å². The molecule has 1 aromatic rings. The maximum absolute atomic E-state index is 12.0. The van der Waals surface area contributed by atoms with Gasteiger partial charge in [0.2, 0.25) is 0 Å². The van der Waals surface area contributed by atoms with Gasteiger partial charge in [0.05, 0.1) is 6.20 Å². The number of H-pyrrole nitrogens is 1. The highest BCUT2D eigenvalue weighted by atomic mass is 16.2. The summed E-state index contributed by atoms with van der Waals surface area (Å²) in [4.78, 5) is 19.0. The second-order valence-corrected chi connectivity index (χ2v) is 6.26. The molecule has 5 heteroatoms. The average Bonchev–Trinajstić information content (AvgIpc) is 2.48. The van der Waals surface area contributed by atoms with E-state index in [9.17, 15) is 4.79 Å². The summed E-state index contributed by atoms with van der Waals surface area (Å²) in [5.41, 5.74) is 0. The fourth-order valence-electron chi connectivity index (χ4n) is 2.52. The van der Waals surface area contributed by atoms with Crippen LogP contribution in [-0.2, 0) is 4.79 Å². The Morgan fingerprint density at radius 3 is 2.62 bits per heavy atom. The van der Waals surface area contributed by atoms with Gasteiger partial charge < -0.3 is 10.2 Å². The summed E-state index contributed by atoms with van der Waals surface area (Å²) in [6, 6.07) is 6.39. The number of pyridine rings is 1.